The van der Waals surface area contributed by atoms with Crippen molar-refractivity contribution in [1.29, 1.82) is 0 Å². The van der Waals surface area contributed by atoms with Crippen LogP contribution in [0.2, 0.25) is 0 Å². The molecule has 4 nitrogen and oxygen atoms in total. The number of ether oxygens (including phenoxy) is 1. The lowest BCUT2D eigenvalue weighted by molar-refractivity contribution is -0.103. The standard InChI is InChI=1S/C23H29BrO4/c1-16(2)18(10-8-7-9-11-25)13-21-20(22(26)28-23(4,5)6)14-19(27-21)12-17(3)15-24/h11-12,14,18H,1,8,10,13,15H2,2-6H3/b17-12+. The van der Waals surface area contributed by atoms with E-state index in [-0.39, 0.29) is 5.92 Å². The fourth-order valence-corrected chi connectivity index (χ4v) is 2.73. The summed E-state index contributed by atoms with van der Waals surface area (Å²) < 4.78 is 11.6. The Hall–Kier alpha value is -2.06. The third-order valence-electron chi connectivity index (χ3n) is 3.95. The van der Waals surface area contributed by atoms with Gasteiger partial charge in [-0.2, -0.15) is 0 Å². The average Bonchev–Trinajstić information content (AvgIpc) is 2.98. The van der Waals surface area contributed by atoms with E-state index in [1.165, 1.54) is 0 Å². The minimum Gasteiger partial charge on any atom is -0.461 e. The van der Waals surface area contributed by atoms with E-state index >= 15 is 0 Å². The molecule has 5 heteroatoms. The highest BCUT2D eigenvalue weighted by Crippen LogP contribution is 2.28. The lowest BCUT2D eigenvalue weighted by Gasteiger charge is -2.20. The Balaban J connectivity index is 3.19. The van der Waals surface area contributed by atoms with Crippen LogP contribution in [0, 0.1) is 17.8 Å². The summed E-state index contributed by atoms with van der Waals surface area (Å²) >= 11 is 3.42. The number of alkyl halides is 1. The zero-order valence-corrected chi connectivity index (χ0v) is 18.9. The summed E-state index contributed by atoms with van der Waals surface area (Å²) in [5, 5.41) is 0.717. The topological polar surface area (TPSA) is 56.5 Å². The summed E-state index contributed by atoms with van der Waals surface area (Å²) in [6.45, 7) is 13.5. The Morgan fingerprint density at radius 3 is 2.61 bits per heavy atom. The van der Waals surface area contributed by atoms with Gasteiger partial charge >= 0.3 is 5.97 Å². The van der Waals surface area contributed by atoms with Gasteiger partial charge in [-0.25, -0.2) is 4.79 Å². The summed E-state index contributed by atoms with van der Waals surface area (Å²) in [7, 11) is 0. The number of hydrogen-bond acceptors (Lipinski definition) is 4. The van der Waals surface area contributed by atoms with Crippen LogP contribution < -0.4 is 0 Å². The van der Waals surface area contributed by atoms with Gasteiger partial charge in [0.25, 0.3) is 0 Å². The van der Waals surface area contributed by atoms with E-state index in [1.807, 2.05) is 40.7 Å². The van der Waals surface area contributed by atoms with E-state index < -0.39 is 11.6 Å². The molecule has 0 amide bonds. The Morgan fingerprint density at radius 2 is 2.07 bits per heavy atom. The van der Waals surface area contributed by atoms with Gasteiger partial charge in [-0.15, -0.1) is 0 Å². The molecule has 0 radical (unpaired) electrons. The zero-order chi connectivity index (χ0) is 21.3. The van der Waals surface area contributed by atoms with Gasteiger partial charge in [-0.05, 0) is 65.0 Å². The number of aldehydes is 1. The maximum Gasteiger partial charge on any atom is 0.342 e. The van der Waals surface area contributed by atoms with Crippen molar-refractivity contribution in [2.45, 2.75) is 59.5 Å². The number of carbonyl (C=O) groups is 2. The fraction of sp³-hybridized carbons (Fsp3) is 0.478. The molecular formula is C23H29BrO4. The second-order valence-corrected chi connectivity index (χ2v) is 8.40. The Morgan fingerprint density at radius 1 is 1.39 bits per heavy atom. The van der Waals surface area contributed by atoms with Gasteiger partial charge in [-0.1, -0.05) is 39.6 Å². The number of esters is 1. The third kappa shape index (κ3) is 8.31. The van der Waals surface area contributed by atoms with Crippen molar-refractivity contribution in [2.24, 2.45) is 5.92 Å². The summed E-state index contributed by atoms with van der Waals surface area (Å²) in [4.78, 5) is 23.1. The first kappa shape index (κ1) is 24.0. The van der Waals surface area contributed by atoms with E-state index in [1.54, 1.807) is 6.07 Å². The molecule has 0 aliphatic heterocycles. The summed E-state index contributed by atoms with van der Waals surface area (Å²) in [5.74, 6) is 6.13. The Kier molecular flexibility index (Phi) is 9.48. The third-order valence-corrected chi connectivity index (χ3v) is 4.84. The molecule has 0 aliphatic carbocycles. The molecule has 0 aliphatic rings. The first-order chi connectivity index (χ1) is 13.1. The quantitative estimate of drug-likeness (QED) is 0.167. The van der Waals surface area contributed by atoms with Crippen LogP contribution >= 0.6 is 15.9 Å². The molecule has 1 heterocycles. The second-order valence-electron chi connectivity index (χ2n) is 7.84. The number of carbonyl (C=O) groups excluding carboxylic acids is 2. The number of rotatable bonds is 8. The van der Waals surface area contributed by atoms with Crippen LogP contribution in [0.3, 0.4) is 0 Å². The van der Waals surface area contributed by atoms with E-state index in [0.717, 1.165) is 17.6 Å². The first-order valence-corrected chi connectivity index (χ1v) is 10.4. The molecule has 1 aromatic heterocycles. The van der Waals surface area contributed by atoms with Gasteiger partial charge in [0, 0.05) is 18.2 Å². The van der Waals surface area contributed by atoms with E-state index in [0.29, 0.717) is 41.5 Å². The molecule has 152 valence electrons. The van der Waals surface area contributed by atoms with Crippen LogP contribution in [-0.2, 0) is 16.0 Å². The molecule has 0 bridgehead atoms. The summed E-state index contributed by atoms with van der Waals surface area (Å²) in [5.41, 5.74) is 1.91. The Bertz CT molecular complexity index is 797. The molecule has 1 unspecified atom stereocenters. The van der Waals surface area contributed by atoms with Crippen molar-refractivity contribution in [2.75, 3.05) is 5.33 Å². The molecular weight excluding hydrogens is 420 g/mol. The number of hydrogen-bond donors (Lipinski definition) is 0. The van der Waals surface area contributed by atoms with Crippen molar-refractivity contribution in [3.05, 3.63) is 40.9 Å². The van der Waals surface area contributed by atoms with Crippen molar-refractivity contribution in [1.82, 2.24) is 0 Å². The van der Waals surface area contributed by atoms with E-state index in [9.17, 15) is 9.59 Å². The van der Waals surface area contributed by atoms with Crippen molar-refractivity contribution in [3.8, 4) is 11.8 Å². The van der Waals surface area contributed by atoms with Gasteiger partial charge in [-0.3, -0.25) is 4.79 Å². The molecule has 0 aromatic carbocycles. The normalized spacial score (nSPS) is 12.7. The number of allylic oxidation sites excluding steroid dienone is 2. The molecule has 0 saturated heterocycles. The highest BCUT2D eigenvalue weighted by Gasteiger charge is 2.25. The van der Waals surface area contributed by atoms with E-state index in [2.05, 4.69) is 34.3 Å². The monoisotopic (exact) mass is 448 g/mol. The summed E-state index contributed by atoms with van der Waals surface area (Å²) in [6, 6.07) is 1.73. The van der Waals surface area contributed by atoms with Crippen LogP contribution in [0.15, 0.2) is 28.2 Å². The maximum absolute atomic E-state index is 12.7. The lowest BCUT2D eigenvalue weighted by atomic mass is 9.91. The number of halogens is 1. The van der Waals surface area contributed by atoms with Crippen LogP contribution in [0.25, 0.3) is 6.08 Å². The molecule has 0 spiro atoms. The second kappa shape index (κ2) is 11.1. The fourth-order valence-electron chi connectivity index (χ4n) is 2.57. The molecule has 0 N–H and O–H groups in total. The van der Waals surface area contributed by atoms with Crippen LogP contribution in [0.1, 0.15) is 69.3 Å². The molecule has 0 fully saturated rings. The van der Waals surface area contributed by atoms with Crippen molar-refractivity contribution < 1.29 is 18.7 Å². The van der Waals surface area contributed by atoms with Crippen LogP contribution in [-0.4, -0.2) is 23.2 Å². The van der Waals surface area contributed by atoms with Crippen molar-refractivity contribution in [3.63, 3.8) is 0 Å². The van der Waals surface area contributed by atoms with E-state index in [4.69, 9.17) is 9.15 Å². The summed E-state index contributed by atoms with van der Waals surface area (Å²) in [6.07, 6.45) is 4.32. The minimum atomic E-state index is -0.592. The minimum absolute atomic E-state index is 0.0855. The first-order valence-electron chi connectivity index (χ1n) is 9.24. The molecule has 1 atom stereocenters. The lowest BCUT2D eigenvalue weighted by Crippen LogP contribution is -2.24. The predicted octanol–water partition coefficient (Wildman–Crippen LogP) is 5.75. The number of furan rings is 1. The smallest absolute Gasteiger partial charge is 0.342 e. The molecule has 28 heavy (non-hydrogen) atoms. The van der Waals surface area contributed by atoms with Gasteiger partial charge < -0.3 is 9.15 Å². The van der Waals surface area contributed by atoms with Crippen LogP contribution in [0.4, 0.5) is 0 Å². The molecule has 1 aromatic rings. The van der Waals surface area contributed by atoms with Crippen LogP contribution in [0.5, 0.6) is 0 Å². The zero-order valence-electron chi connectivity index (χ0n) is 17.4. The van der Waals surface area contributed by atoms with Crippen molar-refractivity contribution >= 4 is 34.3 Å². The Labute approximate surface area is 176 Å². The predicted molar refractivity (Wildman–Crippen MR) is 116 cm³/mol. The highest BCUT2D eigenvalue weighted by atomic mass is 79.9. The average molecular weight is 449 g/mol. The van der Waals surface area contributed by atoms with Gasteiger partial charge in [0.1, 0.15) is 22.7 Å². The SMILES string of the molecule is C=C(C)C(CCC#CC=O)Cc1oc(/C=C(\C)CBr)cc1C(=O)OC(C)(C)C. The maximum atomic E-state index is 12.7. The van der Waals surface area contributed by atoms with Gasteiger partial charge in [0.2, 0.25) is 0 Å². The van der Waals surface area contributed by atoms with Gasteiger partial charge in [0.15, 0.2) is 6.29 Å². The largest absolute Gasteiger partial charge is 0.461 e. The van der Waals surface area contributed by atoms with Gasteiger partial charge in [0.05, 0.1) is 0 Å². The molecule has 1 rings (SSSR count). The molecule has 0 saturated carbocycles. The highest BCUT2D eigenvalue weighted by molar-refractivity contribution is 9.09.